The number of ether oxygens (including phenoxy) is 1. The van der Waals surface area contributed by atoms with E-state index in [-0.39, 0.29) is 5.91 Å². The molecule has 3 aromatic heterocycles. The number of imidazole rings is 2. The van der Waals surface area contributed by atoms with Crippen molar-refractivity contribution in [2.24, 2.45) is 0 Å². The number of nitrogens with zero attached hydrogens (tertiary/aromatic N) is 3. The summed E-state index contributed by atoms with van der Waals surface area (Å²) in [6.45, 7) is 4.44. The first-order valence-corrected chi connectivity index (χ1v) is 10.6. The lowest BCUT2D eigenvalue weighted by Crippen LogP contribution is -2.13. The van der Waals surface area contributed by atoms with Crippen molar-refractivity contribution in [3.8, 4) is 16.9 Å². The van der Waals surface area contributed by atoms with Crippen molar-refractivity contribution in [1.82, 2.24) is 19.4 Å². The van der Waals surface area contributed by atoms with E-state index in [1.54, 1.807) is 6.20 Å². The fraction of sp³-hybridized carbons (Fsp3) is 0.125. The fourth-order valence-electron chi connectivity index (χ4n) is 3.63. The van der Waals surface area contributed by atoms with Gasteiger partial charge in [0.25, 0.3) is 5.91 Å². The van der Waals surface area contributed by atoms with Gasteiger partial charge in [-0.15, -0.1) is 0 Å². The first-order valence-electron chi connectivity index (χ1n) is 10.2. The molecule has 0 bridgehead atoms. The highest BCUT2D eigenvalue weighted by Crippen LogP contribution is 2.31. The molecule has 7 nitrogen and oxygen atoms in total. The summed E-state index contributed by atoms with van der Waals surface area (Å²) >= 11 is 6.33. The highest BCUT2D eigenvalue weighted by Gasteiger charge is 2.14. The Hall–Kier alpha value is -3.84. The molecule has 0 aliphatic heterocycles. The topological polar surface area (TPSA) is 84.3 Å². The van der Waals surface area contributed by atoms with Gasteiger partial charge in [0.2, 0.25) is 5.95 Å². The molecule has 5 aromatic rings. The maximum absolute atomic E-state index is 12.7. The number of carbonyl (C=O) groups is 1. The number of rotatable bonds is 5. The largest absolute Gasteiger partial charge is 0.492 e. The van der Waals surface area contributed by atoms with Gasteiger partial charge in [0.1, 0.15) is 17.1 Å². The summed E-state index contributed by atoms with van der Waals surface area (Å²) in [5, 5.41) is 3.36. The molecular weight excluding hydrogens is 426 g/mol. The number of carbonyl (C=O) groups excluding carboxylic acids is 1. The van der Waals surface area contributed by atoms with Crippen molar-refractivity contribution < 1.29 is 9.53 Å². The van der Waals surface area contributed by atoms with Gasteiger partial charge in [-0.25, -0.2) is 9.97 Å². The van der Waals surface area contributed by atoms with Gasteiger partial charge in [-0.3, -0.25) is 10.1 Å². The zero-order valence-electron chi connectivity index (χ0n) is 17.5. The molecule has 8 heteroatoms. The third kappa shape index (κ3) is 3.67. The van der Waals surface area contributed by atoms with Crippen molar-refractivity contribution in [3.63, 3.8) is 0 Å². The molecule has 1 amide bonds. The molecule has 2 aromatic carbocycles. The van der Waals surface area contributed by atoms with Crippen molar-refractivity contribution >= 4 is 40.1 Å². The molecule has 32 heavy (non-hydrogen) atoms. The normalized spacial score (nSPS) is 11.2. The van der Waals surface area contributed by atoms with Gasteiger partial charge in [-0.05, 0) is 61.4 Å². The van der Waals surface area contributed by atoms with Gasteiger partial charge < -0.3 is 14.1 Å². The summed E-state index contributed by atoms with van der Waals surface area (Å²) in [5.41, 5.74) is 5.52. The van der Waals surface area contributed by atoms with E-state index in [4.69, 9.17) is 16.3 Å². The maximum atomic E-state index is 12.7. The number of halogens is 1. The van der Waals surface area contributed by atoms with Crippen molar-refractivity contribution in [2.45, 2.75) is 13.8 Å². The van der Waals surface area contributed by atoms with Gasteiger partial charge in [-0.2, -0.15) is 0 Å². The Kier molecular flexibility index (Phi) is 5.03. The van der Waals surface area contributed by atoms with Crippen molar-refractivity contribution in [2.75, 3.05) is 11.9 Å². The Morgan fingerprint density at radius 3 is 2.72 bits per heavy atom. The van der Waals surface area contributed by atoms with Crippen LogP contribution in [0.2, 0.25) is 5.02 Å². The second-order valence-electron chi connectivity index (χ2n) is 7.37. The van der Waals surface area contributed by atoms with Crippen LogP contribution in [0.1, 0.15) is 23.1 Å². The lowest BCUT2D eigenvalue weighted by Gasteiger charge is -2.08. The van der Waals surface area contributed by atoms with Crippen LogP contribution in [0, 0.1) is 6.92 Å². The van der Waals surface area contributed by atoms with Gasteiger partial charge in [0.15, 0.2) is 0 Å². The van der Waals surface area contributed by atoms with E-state index in [1.807, 2.05) is 72.8 Å². The Balaban J connectivity index is 1.40. The number of aryl methyl sites for hydroxylation is 1. The van der Waals surface area contributed by atoms with E-state index >= 15 is 0 Å². The van der Waals surface area contributed by atoms with E-state index in [0.29, 0.717) is 29.0 Å². The monoisotopic (exact) mass is 445 g/mol. The highest BCUT2D eigenvalue weighted by molar-refractivity contribution is 6.32. The van der Waals surface area contributed by atoms with Crippen LogP contribution in [0.3, 0.4) is 0 Å². The van der Waals surface area contributed by atoms with E-state index in [0.717, 1.165) is 33.5 Å². The maximum Gasteiger partial charge on any atom is 0.278 e. The Morgan fingerprint density at radius 1 is 1.12 bits per heavy atom. The number of nitrogens with one attached hydrogen (secondary N) is 2. The van der Waals surface area contributed by atoms with Crippen molar-refractivity contribution in [1.29, 1.82) is 0 Å². The lowest BCUT2D eigenvalue weighted by atomic mass is 10.1. The number of benzene rings is 2. The predicted molar refractivity (Wildman–Crippen MR) is 126 cm³/mol. The number of aromatic amines is 1. The third-order valence-electron chi connectivity index (χ3n) is 5.21. The van der Waals surface area contributed by atoms with Gasteiger partial charge in [0.05, 0.1) is 22.7 Å². The van der Waals surface area contributed by atoms with Gasteiger partial charge in [-0.1, -0.05) is 29.8 Å². The van der Waals surface area contributed by atoms with E-state index in [2.05, 4.69) is 20.3 Å². The minimum Gasteiger partial charge on any atom is -0.492 e. The fourth-order valence-corrected chi connectivity index (χ4v) is 3.87. The molecule has 5 rings (SSSR count). The number of anilines is 1. The second kappa shape index (κ2) is 8.01. The second-order valence-corrected chi connectivity index (χ2v) is 7.78. The van der Waals surface area contributed by atoms with Crippen LogP contribution in [0.25, 0.3) is 27.8 Å². The zero-order valence-corrected chi connectivity index (χ0v) is 18.3. The van der Waals surface area contributed by atoms with Crippen molar-refractivity contribution in [3.05, 3.63) is 77.2 Å². The quantitative estimate of drug-likeness (QED) is 0.374. The molecule has 160 valence electrons. The Labute approximate surface area is 189 Å². The molecular formula is C24H20ClN5O2. The SMILES string of the molecule is CCOc1ccc(-c2ccc3nc(NC(=O)c4cn5c(C)cccc5n4)[nH]c3c2)cc1Cl. The number of pyridine rings is 1. The van der Waals surface area contributed by atoms with Gasteiger partial charge in [0, 0.05) is 11.9 Å². The number of aromatic nitrogens is 4. The molecule has 0 aliphatic carbocycles. The van der Waals surface area contributed by atoms with E-state index < -0.39 is 0 Å². The molecule has 0 atom stereocenters. The molecule has 0 radical (unpaired) electrons. The number of fused-ring (bicyclic) bond motifs is 2. The molecule has 0 aliphatic rings. The van der Waals surface area contributed by atoms with Crippen LogP contribution in [0.5, 0.6) is 5.75 Å². The van der Waals surface area contributed by atoms with Crippen LogP contribution in [0.4, 0.5) is 5.95 Å². The predicted octanol–water partition coefficient (Wildman–Crippen LogP) is 5.49. The Bertz CT molecular complexity index is 1470. The smallest absolute Gasteiger partial charge is 0.278 e. The van der Waals surface area contributed by atoms with Crippen LogP contribution >= 0.6 is 11.6 Å². The molecule has 0 spiro atoms. The Morgan fingerprint density at radius 2 is 1.94 bits per heavy atom. The van der Waals surface area contributed by atoms with Crippen LogP contribution in [-0.4, -0.2) is 31.9 Å². The summed E-state index contributed by atoms with van der Waals surface area (Å²) in [5.74, 6) is 0.694. The highest BCUT2D eigenvalue weighted by atomic mass is 35.5. The number of amides is 1. The summed E-state index contributed by atoms with van der Waals surface area (Å²) in [6.07, 6.45) is 1.72. The number of H-pyrrole nitrogens is 1. The average molecular weight is 446 g/mol. The molecule has 2 N–H and O–H groups in total. The summed E-state index contributed by atoms with van der Waals surface area (Å²) < 4.78 is 7.38. The van der Waals surface area contributed by atoms with Gasteiger partial charge >= 0.3 is 0 Å². The van der Waals surface area contributed by atoms with E-state index in [1.165, 1.54) is 0 Å². The van der Waals surface area contributed by atoms with E-state index in [9.17, 15) is 4.79 Å². The molecule has 3 heterocycles. The zero-order chi connectivity index (χ0) is 22.2. The van der Waals surface area contributed by atoms with Crippen LogP contribution in [0.15, 0.2) is 60.8 Å². The first kappa shape index (κ1) is 20.1. The lowest BCUT2D eigenvalue weighted by molar-refractivity contribution is 0.102. The molecule has 0 unspecified atom stereocenters. The molecule has 0 saturated heterocycles. The third-order valence-corrected chi connectivity index (χ3v) is 5.50. The minimum absolute atomic E-state index is 0.324. The number of hydrogen-bond donors (Lipinski definition) is 2. The summed E-state index contributed by atoms with van der Waals surface area (Å²) in [4.78, 5) is 24.7. The summed E-state index contributed by atoms with van der Waals surface area (Å²) in [7, 11) is 0. The number of hydrogen-bond acceptors (Lipinski definition) is 4. The molecule has 0 fully saturated rings. The first-order chi connectivity index (χ1) is 15.5. The van der Waals surface area contributed by atoms with Crippen LogP contribution in [-0.2, 0) is 0 Å². The minimum atomic E-state index is -0.328. The molecule has 0 saturated carbocycles. The van der Waals surface area contributed by atoms with Crippen LogP contribution < -0.4 is 10.1 Å². The standard InChI is InChI=1S/C24H20ClN5O2/c1-3-32-21-10-8-15(11-17(21)25)16-7-9-18-19(12-16)28-24(27-18)29-23(31)20-13-30-14(2)5-4-6-22(30)26-20/h4-13H,3H2,1-2H3,(H2,27,28,29,31). The summed E-state index contributed by atoms with van der Waals surface area (Å²) in [6, 6.07) is 17.3. The average Bonchev–Trinajstić information content (AvgIpc) is 3.39.